The topological polar surface area (TPSA) is 109 Å². The number of benzene rings is 1. The van der Waals surface area contributed by atoms with E-state index in [4.69, 9.17) is 10.2 Å². The second-order valence-electron chi connectivity index (χ2n) is 7.63. The van der Waals surface area contributed by atoms with Crippen molar-refractivity contribution in [2.45, 2.75) is 51.9 Å². The molecule has 0 spiro atoms. The molecule has 1 fully saturated rings. The highest BCUT2D eigenvalue weighted by atomic mass is 19.3. The Morgan fingerprint density at radius 2 is 1.84 bits per heavy atom. The number of aliphatic hydroxyl groups is 1. The molecule has 1 amide bonds. The van der Waals surface area contributed by atoms with Gasteiger partial charge in [0.05, 0.1) is 23.4 Å². The molecule has 0 radical (unpaired) electrons. The molecule has 3 N–H and O–H groups in total. The van der Waals surface area contributed by atoms with E-state index in [2.05, 4.69) is 15.0 Å². The van der Waals surface area contributed by atoms with E-state index in [1.807, 2.05) is 13.8 Å². The number of nitrogens with zero attached hydrogens (tertiary/aromatic N) is 1. The maximum absolute atomic E-state index is 11.9. The number of nitrogens with one attached hydrogen (secondary N) is 1. The first kappa shape index (κ1) is 24.2. The Bertz CT molecular complexity index is 884. The fourth-order valence-corrected chi connectivity index (χ4v) is 2.95. The van der Waals surface area contributed by atoms with Gasteiger partial charge in [0.2, 0.25) is 5.91 Å². The molecule has 1 aromatic heterocycles. The summed E-state index contributed by atoms with van der Waals surface area (Å²) in [6, 6.07) is 9.33. The number of carbonyl (C=O) groups excluding carboxylic acids is 1. The van der Waals surface area contributed by atoms with E-state index < -0.39 is 12.6 Å². The number of carbonyl (C=O) groups is 2. The van der Waals surface area contributed by atoms with Gasteiger partial charge in [-0.1, -0.05) is 26.0 Å². The summed E-state index contributed by atoms with van der Waals surface area (Å²) in [5.74, 6) is -0.524. The van der Waals surface area contributed by atoms with Crippen LogP contribution in [0.1, 0.15) is 54.7 Å². The molecule has 0 saturated heterocycles. The zero-order chi connectivity index (χ0) is 23.0. The highest BCUT2D eigenvalue weighted by Gasteiger charge is 2.45. The van der Waals surface area contributed by atoms with Crippen molar-refractivity contribution < 1.29 is 33.3 Å². The Morgan fingerprint density at radius 3 is 2.32 bits per heavy atom. The number of alkyl halides is 2. The molecule has 3 rings (SSSR count). The van der Waals surface area contributed by atoms with Crippen molar-refractivity contribution in [3.05, 3.63) is 59.4 Å². The molecule has 0 unspecified atom stereocenters. The van der Waals surface area contributed by atoms with Crippen molar-refractivity contribution in [3.63, 3.8) is 0 Å². The first-order chi connectivity index (χ1) is 14.6. The largest absolute Gasteiger partial charge is 0.478 e. The summed E-state index contributed by atoms with van der Waals surface area (Å²) in [5, 5.41) is 20.5. The van der Waals surface area contributed by atoms with Crippen LogP contribution in [-0.2, 0) is 16.9 Å². The molecule has 168 valence electrons. The number of pyridine rings is 1. The lowest BCUT2D eigenvalue weighted by atomic mass is 10.0. The average Bonchev–Trinajstić information content (AvgIpc) is 3.48. The summed E-state index contributed by atoms with van der Waals surface area (Å²) in [6.07, 6.45) is 3.66. The van der Waals surface area contributed by atoms with Gasteiger partial charge in [-0.05, 0) is 42.5 Å². The van der Waals surface area contributed by atoms with Gasteiger partial charge in [0.15, 0.2) is 0 Å². The van der Waals surface area contributed by atoms with Crippen LogP contribution in [0, 0.1) is 5.92 Å². The van der Waals surface area contributed by atoms with E-state index in [-0.39, 0.29) is 29.4 Å². The van der Waals surface area contributed by atoms with Gasteiger partial charge in [0.25, 0.3) is 0 Å². The highest BCUT2D eigenvalue weighted by molar-refractivity contribution is 5.87. The van der Waals surface area contributed by atoms with Crippen molar-refractivity contribution in [2.75, 3.05) is 0 Å². The molecule has 0 bridgehead atoms. The molecular formula is C22H26F2N2O5. The molecule has 2 aromatic rings. The maximum atomic E-state index is 11.9. The number of carboxylic acid groups (broad SMARTS) is 1. The monoisotopic (exact) mass is 436 g/mol. The summed E-state index contributed by atoms with van der Waals surface area (Å²) < 4.78 is 27.4. The number of hydrogen-bond acceptors (Lipinski definition) is 5. The summed E-state index contributed by atoms with van der Waals surface area (Å²) >= 11 is 0. The number of aromatic carboxylic acids is 1. The van der Waals surface area contributed by atoms with Crippen LogP contribution in [0.3, 0.4) is 0 Å². The lowest BCUT2D eigenvalue weighted by Gasteiger charge is -2.19. The fourth-order valence-electron chi connectivity index (χ4n) is 2.95. The number of halogens is 2. The highest BCUT2D eigenvalue weighted by Crippen LogP contribution is 2.45. The quantitative estimate of drug-likeness (QED) is 0.582. The number of aliphatic hydroxyl groups excluding tert-OH is 1. The molecule has 1 saturated carbocycles. The standard InChI is InChI=1S/C15H19NO3.C7H7F2NO2/c1-10(2)9-13(17)16-15(7-8-15)12-5-3-11(4-6-12)14(18)19;8-7(9)12-6-1-2-10-5(3-6)4-11/h3-6,10H,7-9H2,1-2H3,(H,16,17)(H,18,19);1-3,7,11H,4H2. The smallest absolute Gasteiger partial charge is 0.387 e. The molecule has 0 aliphatic heterocycles. The van der Waals surface area contributed by atoms with Gasteiger partial charge in [0, 0.05) is 18.7 Å². The predicted molar refractivity (Wildman–Crippen MR) is 109 cm³/mol. The van der Waals surface area contributed by atoms with Crippen molar-refractivity contribution in [1.82, 2.24) is 10.3 Å². The second-order valence-corrected chi connectivity index (χ2v) is 7.63. The van der Waals surface area contributed by atoms with Crippen LogP contribution < -0.4 is 10.1 Å². The number of amides is 1. The lowest BCUT2D eigenvalue weighted by molar-refractivity contribution is -0.122. The van der Waals surface area contributed by atoms with Gasteiger partial charge in [-0.15, -0.1) is 0 Å². The fraction of sp³-hybridized carbons (Fsp3) is 0.409. The molecule has 31 heavy (non-hydrogen) atoms. The maximum Gasteiger partial charge on any atom is 0.387 e. The van der Waals surface area contributed by atoms with E-state index in [0.29, 0.717) is 18.0 Å². The number of ether oxygens (including phenoxy) is 1. The molecule has 7 nitrogen and oxygen atoms in total. The number of carboxylic acids is 1. The third-order valence-electron chi connectivity index (χ3n) is 4.58. The van der Waals surface area contributed by atoms with Crippen LogP contribution in [-0.4, -0.2) is 33.7 Å². The zero-order valence-corrected chi connectivity index (χ0v) is 17.3. The van der Waals surface area contributed by atoms with Gasteiger partial charge in [-0.25, -0.2) is 4.79 Å². The summed E-state index contributed by atoms with van der Waals surface area (Å²) in [7, 11) is 0. The summed E-state index contributed by atoms with van der Waals surface area (Å²) in [4.78, 5) is 26.3. The SMILES string of the molecule is CC(C)CC(=O)NC1(c2ccc(C(=O)O)cc2)CC1.OCc1cc(OC(F)F)ccn1. The van der Waals surface area contributed by atoms with Crippen molar-refractivity contribution >= 4 is 11.9 Å². The van der Waals surface area contributed by atoms with Crippen LogP contribution in [0.2, 0.25) is 0 Å². The molecule has 0 atom stereocenters. The zero-order valence-electron chi connectivity index (χ0n) is 17.3. The molecule has 1 aliphatic rings. The van der Waals surface area contributed by atoms with Crippen LogP contribution in [0.25, 0.3) is 0 Å². The average molecular weight is 436 g/mol. The van der Waals surface area contributed by atoms with Gasteiger partial charge in [-0.2, -0.15) is 8.78 Å². The number of hydrogen-bond donors (Lipinski definition) is 3. The summed E-state index contributed by atoms with van der Waals surface area (Å²) in [6.45, 7) is 0.890. The third kappa shape index (κ3) is 7.60. The Labute approximate surface area is 179 Å². The second kappa shape index (κ2) is 10.8. The van der Waals surface area contributed by atoms with E-state index in [9.17, 15) is 18.4 Å². The number of rotatable bonds is 8. The lowest BCUT2D eigenvalue weighted by Crippen LogP contribution is -2.35. The molecule has 1 aliphatic carbocycles. The first-order valence-corrected chi connectivity index (χ1v) is 9.80. The molecular weight excluding hydrogens is 410 g/mol. The van der Waals surface area contributed by atoms with Crippen LogP contribution in [0.4, 0.5) is 8.78 Å². The predicted octanol–water partition coefficient (Wildman–Crippen LogP) is 3.71. The molecule has 1 heterocycles. The first-order valence-electron chi connectivity index (χ1n) is 9.80. The van der Waals surface area contributed by atoms with Crippen molar-refractivity contribution in [1.29, 1.82) is 0 Å². The van der Waals surface area contributed by atoms with E-state index >= 15 is 0 Å². The van der Waals surface area contributed by atoms with E-state index in [1.165, 1.54) is 18.3 Å². The van der Waals surface area contributed by atoms with E-state index in [0.717, 1.165) is 18.4 Å². The normalized spacial score (nSPS) is 13.9. The minimum Gasteiger partial charge on any atom is -0.478 e. The molecule has 1 aromatic carbocycles. The Balaban J connectivity index is 0.000000245. The van der Waals surface area contributed by atoms with Crippen LogP contribution in [0.15, 0.2) is 42.6 Å². The van der Waals surface area contributed by atoms with Gasteiger partial charge >= 0.3 is 12.6 Å². The minimum atomic E-state index is -2.85. The Hall–Kier alpha value is -3.07. The van der Waals surface area contributed by atoms with Crippen molar-refractivity contribution in [3.8, 4) is 5.75 Å². The Morgan fingerprint density at radius 1 is 1.19 bits per heavy atom. The molecule has 9 heteroatoms. The van der Waals surface area contributed by atoms with Gasteiger partial charge < -0.3 is 20.3 Å². The summed E-state index contributed by atoms with van der Waals surface area (Å²) in [5.41, 5.74) is 1.30. The minimum absolute atomic E-state index is 0.00375. The Kier molecular flexibility index (Phi) is 8.44. The van der Waals surface area contributed by atoms with Crippen LogP contribution >= 0.6 is 0 Å². The van der Waals surface area contributed by atoms with Gasteiger partial charge in [0.1, 0.15) is 5.75 Å². The van der Waals surface area contributed by atoms with Crippen LogP contribution in [0.5, 0.6) is 5.75 Å². The third-order valence-corrected chi connectivity index (χ3v) is 4.58. The number of aromatic nitrogens is 1. The van der Waals surface area contributed by atoms with E-state index in [1.54, 1.807) is 24.3 Å². The van der Waals surface area contributed by atoms with Gasteiger partial charge in [-0.3, -0.25) is 9.78 Å². The van der Waals surface area contributed by atoms with Crippen molar-refractivity contribution in [2.24, 2.45) is 5.92 Å².